The zero-order valence-electron chi connectivity index (χ0n) is 9.76. The molecule has 0 aromatic heterocycles. The quantitative estimate of drug-likeness (QED) is 0.249. The number of carboxylic acids is 2. The maximum absolute atomic E-state index is 10.8. The molecular weight excluding hydrogens is 248 g/mol. The molecule has 0 saturated carbocycles. The van der Waals surface area contributed by atoms with Gasteiger partial charge in [-0.05, 0) is 0 Å². The third kappa shape index (κ3) is 7.14. The number of hydrazine groups is 2. The van der Waals surface area contributed by atoms with Crippen LogP contribution in [0.1, 0.15) is 13.8 Å². The van der Waals surface area contributed by atoms with E-state index in [1.165, 1.54) is 0 Å². The zero-order chi connectivity index (χ0) is 14.3. The number of carbonyl (C=O) groups excluding carboxylic acids is 2. The summed E-state index contributed by atoms with van der Waals surface area (Å²) in [6, 6.07) is 0. The Morgan fingerprint density at radius 3 is 2.00 bits per heavy atom. The van der Waals surface area contributed by atoms with Crippen molar-refractivity contribution in [3.05, 3.63) is 0 Å². The summed E-state index contributed by atoms with van der Waals surface area (Å²) in [6.07, 6.45) is -1.56. The number of amides is 2. The number of nitrogens with one attached hydrogen (secondary N) is 3. The van der Waals surface area contributed by atoms with Gasteiger partial charge in [-0.2, -0.15) is 0 Å². The third-order valence-electron chi connectivity index (χ3n) is 1.47. The first-order valence-corrected chi connectivity index (χ1v) is 4.75. The third-order valence-corrected chi connectivity index (χ3v) is 1.47. The van der Waals surface area contributed by atoms with Gasteiger partial charge in [-0.3, -0.25) is 19.8 Å². The first-order valence-electron chi connectivity index (χ1n) is 4.75. The maximum atomic E-state index is 10.8. The van der Waals surface area contributed by atoms with Gasteiger partial charge in [-0.15, -0.1) is 5.12 Å². The molecule has 0 bridgehead atoms. The van der Waals surface area contributed by atoms with Crippen molar-refractivity contribution in [3.8, 4) is 0 Å². The van der Waals surface area contributed by atoms with Crippen LogP contribution in [0, 0.1) is 0 Å². The second-order valence-electron chi connectivity index (χ2n) is 3.25. The lowest BCUT2D eigenvalue weighted by atomic mass is 10.5. The van der Waals surface area contributed by atoms with Gasteiger partial charge in [0.05, 0.1) is 0 Å². The summed E-state index contributed by atoms with van der Waals surface area (Å²) < 4.78 is 0. The van der Waals surface area contributed by atoms with Gasteiger partial charge in [0.1, 0.15) is 6.54 Å². The smallest absolute Gasteiger partial charge is 0.342 e. The summed E-state index contributed by atoms with van der Waals surface area (Å²) >= 11 is 0. The second-order valence-corrected chi connectivity index (χ2v) is 3.25. The molecule has 0 rings (SSSR count). The lowest BCUT2D eigenvalue weighted by Crippen LogP contribution is -2.62. The monoisotopic (exact) mass is 262 g/mol. The van der Waals surface area contributed by atoms with Crippen LogP contribution in [0.3, 0.4) is 0 Å². The Hall–Kier alpha value is -2.20. The molecule has 102 valence electrons. The number of nitrogens with zero attached hydrogens (tertiary/aromatic N) is 1. The molecule has 0 saturated heterocycles. The van der Waals surface area contributed by atoms with Crippen LogP contribution in [0.5, 0.6) is 0 Å². The van der Waals surface area contributed by atoms with Crippen molar-refractivity contribution in [3.63, 3.8) is 0 Å². The van der Waals surface area contributed by atoms with Crippen LogP contribution < -0.4 is 16.2 Å². The van der Waals surface area contributed by atoms with Crippen molar-refractivity contribution in [2.45, 2.75) is 20.0 Å². The molecule has 0 heterocycles. The number of carbonyl (C=O) groups is 4. The van der Waals surface area contributed by atoms with Crippen molar-refractivity contribution in [2.24, 2.45) is 0 Å². The largest absolute Gasteiger partial charge is 0.480 e. The Morgan fingerprint density at radius 2 is 1.67 bits per heavy atom. The summed E-state index contributed by atoms with van der Waals surface area (Å²) in [6.45, 7) is 1.52. The molecule has 0 radical (unpaired) electrons. The zero-order valence-corrected chi connectivity index (χ0v) is 9.76. The van der Waals surface area contributed by atoms with Gasteiger partial charge in [-0.1, -0.05) is 0 Å². The molecule has 0 aromatic carbocycles. The van der Waals surface area contributed by atoms with Gasteiger partial charge in [0.15, 0.2) is 6.17 Å². The molecule has 10 nitrogen and oxygen atoms in total. The molecule has 0 aliphatic carbocycles. The first-order chi connectivity index (χ1) is 8.22. The molecule has 18 heavy (non-hydrogen) atoms. The van der Waals surface area contributed by atoms with E-state index < -0.39 is 36.5 Å². The van der Waals surface area contributed by atoms with Crippen LogP contribution >= 0.6 is 0 Å². The number of rotatable bonds is 7. The van der Waals surface area contributed by atoms with E-state index >= 15 is 0 Å². The van der Waals surface area contributed by atoms with Gasteiger partial charge in [0.25, 0.3) is 0 Å². The van der Waals surface area contributed by atoms with E-state index in [0.29, 0.717) is 5.12 Å². The van der Waals surface area contributed by atoms with Crippen molar-refractivity contribution in [2.75, 3.05) is 6.54 Å². The highest BCUT2D eigenvalue weighted by Gasteiger charge is 2.22. The normalized spacial score (nSPS) is 11.7. The van der Waals surface area contributed by atoms with E-state index in [4.69, 9.17) is 10.2 Å². The highest BCUT2D eigenvalue weighted by Crippen LogP contribution is 1.84. The molecule has 0 aliphatic rings. The highest BCUT2D eigenvalue weighted by atomic mass is 16.4. The average molecular weight is 262 g/mol. The van der Waals surface area contributed by atoms with Crippen LogP contribution in [0.15, 0.2) is 0 Å². The number of hydrogen-bond acceptors (Lipinski definition) is 6. The fourth-order valence-corrected chi connectivity index (χ4v) is 0.951. The number of hydrogen-bond donors (Lipinski definition) is 5. The van der Waals surface area contributed by atoms with Crippen LogP contribution in [0.4, 0.5) is 0 Å². The Labute approximate surface area is 102 Å². The van der Waals surface area contributed by atoms with Gasteiger partial charge < -0.3 is 15.5 Å². The second kappa shape index (κ2) is 7.19. The number of aliphatic carboxylic acids is 2. The Bertz CT molecular complexity index is 341. The molecule has 0 aliphatic heterocycles. The lowest BCUT2D eigenvalue weighted by molar-refractivity contribution is -0.150. The molecule has 5 N–H and O–H groups in total. The molecule has 1 atom stereocenters. The Balaban J connectivity index is 4.67. The summed E-state index contributed by atoms with van der Waals surface area (Å²) in [7, 11) is 0. The molecule has 0 spiro atoms. The van der Waals surface area contributed by atoms with Crippen LogP contribution in [-0.2, 0) is 19.2 Å². The van der Waals surface area contributed by atoms with E-state index in [1.54, 1.807) is 0 Å². The highest BCUT2D eigenvalue weighted by molar-refractivity contribution is 5.81. The van der Waals surface area contributed by atoms with E-state index in [0.717, 1.165) is 13.8 Å². The van der Waals surface area contributed by atoms with Crippen LogP contribution in [-0.4, -0.2) is 51.8 Å². The fourth-order valence-electron chi connectivity index (χ4n) is 0.951. The minimum Gasteiger partial charge on any atom is -0.480 e. The average Bonchev–Trinajstić information content (AvgIpc) is 2.13. The molecule has 0 aromatic rings. The van der Waals surface area contributed by atoms with Crippen molar-refractivity contribution < 1.29 is 29.4 Å². The lowest BCUT2D eigenvalue weighted by Gasteiger charge is -2.25. The predicted molar refractivity (Wildman–Crippen MR) is 56.5 cm³/mol. The van der Waals surface area contributed by atoms with Crippen molar-refractivity contribution >= 4 is 23.8 Å². The first kappa shape index (κ1) is 15.8. The molecule has 2 amide bonds. The van der Waals surface area contributed by atoms with Crippen molar-refractivity contribution in [1.29, 1.82) is 0 Å². The molecular formula is C8H14N4O6. The summed E-state index contributed by atoms with van der Waals surface area (Å²) in [5.74, 6) is -3.97. The van der Waals surface area contributed by atoms with E-state index in [9.17, 15) is 19.2 Å². The minimum absolute atomic E-state index is 0.601. The van der Waals surface area contributed by atoms with Crippen LogP contribution in [0.25, 0.3) is 0 Å². The van der Waals surface area contributed by atoms with Gasteiger partial charge in [-0.25, -0.2) is 10.2 Å². The minimum atomic E-state index is -1.56. The maximum Gasteiger partial charge on any atom is 0.342 e. The molecule has 1 unspecified atom stereocenters. The van der Waals surface area contributed by atoms with Gasteiger partial charge >= 0.3 is 11.9 Å². The topological polar surface area (TPSA) is 148 Å². The molecule has 0 fully saturated rings. The van der Waals surface area contributed by atoms with Gasteiger partial charge in [0.2, 0.25) is 11.8 Å². The van der Waals surface area contributed by atoms with Crippen molar-refractivity contribution in [1.82, 2.24) is 21.3 Å². The summed E-state index contributed by atoms with van der Waals surface area (Å²) in [4.78, 5) is 42.8. The Morgan fingerprint density at radius 1 is 1.11 bits per heavy atom. The Kier molecular flexibility index (Phi) is 6.31. The predicted octanol–water partition coefficient (Wildman–Crippen LogP) is -2.52. The SMILES string of the molecule is CC(=O)NC(NN(CC(=O)O)NC(C)=O)C(=O)O. The molecule has 10 heteroatoms. The standard InChI is InChI=1S/C8H14N4O6/c1-4(13)9-7(8(17)18)11-12(3-6(15)16)10-5(2)14/h7,11H,3H2,1-2H3,(H,9,13)(H,10,14)(H,15,16)(H,17,18). The summed E-state index contributed by atoms with van der Waals surface area (Å²) in [5.41, 5.74) is 4.19. The summed E-state index contributed by atoms with van der Waals surface area (Å²) in [5, 5.41) is 20.0. The van der Waals surface area contributed by atoms with E-state index in [1.807, 2.05) is 5.32 Å². The van der Waals surface area contributed by atoms with Crippen LogP contribution in [0.2, 0.25) is 0 Å². The van der Waals surface area contributed by atoms with E-state index in [2.05, 4.69) is 10.9 Å². The number of carboxylic acid groups (broad SMARTS) is 2. The van der Waals surface area contributed by atoms with E-state index in [-0.39, 0.29) is 0 Å². The fraction of sp³-hybridized carbons (Fsp3) is 0.500. The van der Waals surface area contributed by atoms with Gasteiger partial charge in [0, 0.05) is 13.8 Å².